The summed E-state index contributed by atoms with van der Waals surface area (Å²) in [5.41, 5.74) is 3.85. The number of carbonyl (C=O) groups excluding carboxylic acids is 1. The topological polar surface area (TPSA) is 154 Å². The second-order valence-electron chi connectivity index (χ2n) is 3.63. The van der Waals surface area contributed by atoms with Gasteiger partial charge in [-0.25, -0.2) is 9.48 Å². The Bertz CT molecular complexity index is 691. The van der Waals surface area contributed by atoms with Crippen molar-refractivity contribution in [3.8, 4) is 5.69 Å². The maximum absolute atomic E-state index is 11.0. The van der Waals surface area contributed by atoms with Gasteiger partial charge >= 0.3 is 11.7 Å². The van der Waals surface area contributed by atoms with Crippen LogP contribution in [0.1, 0.15) is 21.0 Å². The molecule has 10 nitrogen and oxygen atoms in total. The lowest BCUT2D eigenvalue weighted by molar-refractivity contribution is -0.385. The summed E-state index contributed by atoms with van der Waals surface area (Å²) >= 11 is 0. The molecule has 0 fully saturated rings. The molecule has 0 aromatic carbocycles. The molecule has 0 aliphatic heterocycles. The first-order chi connectivity index (χ1) is 9.40. The highest BCUT2D eigenvalue weighted by Crippen LogP contribution is 2.19. The smallest absolute Gasteiger partial charge is 0.363 e. The van der Waals surface area contributed by atoms with Gasteiger partial charge in [0.2, 0.25) is 5.69 Å². The number of nitrogens with zero attached hydrogens (tertiary/aromatic N) is 4. The number of hydrogen-bond donors (Lipinski definition) is 2. The van der Waals surface area contributed by atoms with Gasteiger partial charge in [0.25, 0.3) is 5.91 Å². The molecular weight excluding hydrogens is 270 g/mol. The van der Waals surface area contributed by atoms with Gasteiger partial charge < -0.3 is 10.8 Å². The molecular formula is C10H7N5O5. The van der Waals surface area contributed by atoms with Crippen LogP contribution in [0.2, 0.25) is 0 Å². The number of aromatic nitrogens is 3. The van der Waals surface area contributed by atoms with Gasteiger partial charge in [0.1, 0.15) is 11.9 Å². The number of carboxylic acid groups (broad SMARTS) is 1. The zero-order valence-corrected chi connectivity index (χ0v) is 9.76. The fraction of sp³-hybridized carbons (Fsp3) is 0. The minimum absolute atomic E-state index is 0.0717. The molecule has 0 aliphatic rings. The molecule has 2 heterocycles. The van der Waals surface area contributed by atoms with Crippen molar-refractivity contribution in [2.24, 2.45) is 5.73 Å². The zero-order valence-electron chi connectivity index (χ0n) is 9.76. The van der Waals surface area contributed by atoms with E-state index < -0.39 is 28.2 Å². The highest BCUT2D eigenvalue weighted by atomic mass is 16.6. The molecule has 0 unspecified atom stereocenters. The maximum Gasteiger partial charge on any atom is 0.363 e. The van der Waals surface area contributed by atoms with E-state index in [1.54, 1.807) is 0 Å². The van der Waals surface area contributed by atoms with Crippen molar-refractivity contribution in [2.45, 2.75) is 0 Å². The van der Waals surface area contributed by atoms with Crippen LogP contribution >= 0.6 is 0 Å². The molecule has 0 saturated carbocycles. The Balaban J connectivity index is 2.56. The van der Waals surface area contributed by atoms with Crippen molar-refractivity contribution in [3.05, 3.63) is 46.0 Å². The van der Waals surface area contributed by atoms with Crippen LogP contribution in [0.3, 0.4) is 0 Å². The summed E-state index contributed by atoms with van der Waals surface area (Å²) in [4.78, 5) is 35.5. The number of aromatic carboxylic acids is 1. The molecule has 0 saturated heterocycles. The number of hydrogen-bond acceptors (Lipinski definition) is 6. The summed E-state index contributed by atoms with van der Waals surface area (Å²) in [5, 5.41) is 23.2. The number of amides is 1. The first kappa shape index (κ1) is 13.1. The van der Waals surface area contributed by atoms with Crippen molar-refractivity contribution < 1.29 is 19.6 Å². The van der Waals surface area contributed by atoms with Crippen LogP contribution < -0.4 is 5.73 Å². The number of nitro groups is 1. The Morgan fingerprint density at radius 3 is 2.65 bits per heavy atom. The Kier molecular flexibility index (Phi) is 3.13. The van der Waals surface area contributed by atoms with Gasteiger partial charge in [-0.1, -0.05) is 0 Å². The predicted octanol–water partition coefficient (Wildman–Crippen LogP) is -0.0274. The van der Waals surface area contributed by atoms with Crippen LogP contribution in [-0.2, 0) is 0 Å². The van der Waals surface area contributed by atoms with Gasteiger partial charge in [-0.3, -0.25) is 19.9 Å². The molecule has 0 bridgehead atoms. The lowest BCUT2D eigenvalue weighted by Gasteiger charge is -2.01. The average molecular weight is 277 g/mol. The largest absolute Gasteiger partial charge is 0.476 e. The minimum atomic E-state index is -1.53. The van der Waals surface area contributed by atoms with E-state index in [-0.39, 0.29) is 11.4 Å². The zero-order chi connectivity index (χ0) is 14.9. The molecule has 2 rings (SSSR count). The lowest BCUT2D eigenvalue weighted by atomic mass is 10.3. The molecule has 2 aromatic heterocycles. The Morgan fingerprint density at radius 2 is 2.15 bits per heavy atom. The van der Waals surface area contributed by atoms with Crippen LogP contribution in [0.4, 0.5) is 5.69 Å². The molecule has 0 spiro atoms. The van der Waals surface area contributed by atoms with E-state index in [1.807, 2.05) is 0 Å². The molecule has 0 aliphatic carbocycles. The molecule has 20 heavy (non-hydrogen) atoms. The van der Waals surface area contributed by atoms with E-state index in [2.05, 4.69) is 10.1 Å². The van der Waals surface area contributed by atoms with Crippen LogP contribution in [0.5, 0.6) is 0 Å². The highest BCUT2D eigenvalue weighted by Gasteiger charge is 2.25. The second kappa shape index (κ2) is 4.76. The molecule has 1 amide bonds. The van der Waals surface area contributed by atoms with Crippen molar-refractivity contribution in [1.29, 1.82) is 0 Å². The normalized spacial score (nSPS) is 10.2. The number of carbonyl (C=O) groups is 2. The number of nitrogens with two attached hydrogens (primary N) is 1. The summed E-state index contributed by atoms with van der Waals surface area (Å²) in [7, 11) is 0. The second-order valence-corrected chi connectivity index (χ2v) is 3.63. The quantitative estimate of drug-likeness (QED) is 0.587. The molecule has 2 aromatic rings. The molecule has 3 N–H and O–H groups in total. The highest BCUT2D eigenvalue weighted by molar-refractivity contribution is 5.91. The summed E-state index contributed by atoms with van der Waals surface area (Å²) < 4.78 is 0.968. The number of primary amides is 1. The molecule has 0 atom stereocenters. The van der Waals surface area contributed by atoms with E-state index in [1.165, 1.54) is 18.3 Å². The summed E-state index contributed by atoms with van der Waals surface area (Å²) in [6.07, 6.45) is 2.19. The number of pyridine rings is 1. The first-order valence-electron chi connectivity index (χ1n) is 5.13. The van der Waals surface area contributed by atoms with Crippen molar-refractivity contribution in [3.63, 3.8) is 0 Å². The van der Waals surface area contributed by atoms with Crippen molar-refractivity contribution in [2.75, 3.05) is 0 Å². The van der Waals surface area contributed by atoms with E-state index in [0.717, 1.165) is 10.9 Å². The fourth-order valence-electron chi connectivity index (χ4n) is 1.48. The molecule has 10 heteroatoms. The van der Waals surface area contributed by atoms with E-state index in [9.17, 15) is 19.7 Å². The maximum atomic E-state index is 11.0. The Labute approximate surface area is 110 Å². The van der Waals surface area contributed by atoms with Gasteiger partial charge in [-0.15, -0.1) is 0 Å². The number of carboxylic acids is 1. The minimum Gasteiger partial charge on any atom is -0.476 e. The summed E-state index contributed by atoms with van der Waals surface area (Å²) in [5.74, 6) is -2.31. The first-order valence-corrected chi connectivity index (χ1v) is 5.13. The summed E-state index contributed by atoms with van der Waals surface area (Å²) in [6, 6.07) is 2.64. The molecule has 102 valence electrons. The third-order valence-electron chi connectivity index (χ3n) is 2.35. The average Bonchev–Trinajstić information content (AvgIpc) is 2.84. The van der Waals surface area contributed by atoms with Gasteiger partial charge in [-0.05, 0) is 12.1 Å². The monoisotopic (exact) mass is 277 g/mol. The molecule has 0 radical (unpaired) electrons. The van der Waals surface area contributed by atoms with Crippen LogP contribution in [0.25, 0.3) is 5.69 Å². The third kappa shape index (κ3) is 2.29. The fourth-order valence-corrected chi connectivity index (χ4v) is 1.48. The Morgan fingerprint density at radius 1 is 1.45 bits per heavy atom. The van der Waals surface area contributed by atoms with Gasteiger partial charge in [0.05, 0.1) is 10.6 Å². The van der Waals surface area contributed by atoms with E-state index in [0.29, 0.717) is 0 Å². The van der Waals surface area contributed by atoms with Crippen LogP contribution in [0, 0.1) is 10.1 Å². The van der Waals surface area contributed by atoms with Crippen LogP contribution in [-0.4, -0.2) is 36.7 Å². The van der Waals surface area contributed by atoms with Crippen LogP contribution in [0.15, 0.2) is 24.5 Å². The third-order valence-corrected chi connectivity index (χ3v) is 2.35. The van der Waals surface area contributed by atoms with Gasteiger partial charge in [-0.2, -0.15) is 5.10 Å². The van der Waals surface area contributed by atoms with E-state index in [4.69, 9.17) is 10.8 Å². The van der Waals surface area contributed by atoms with Gasteiger partial charge in [0.15, 0.2) is 0 Å². The summed E-state index contributed by atoms with van der Waals surface area (Å²) in [6.45, 7) is 0. The Hall–Kier alpha value is -3.30. The standard InChI is InChI=1S/C10H7N5O5/c11-9(16)6-3-5(1-2-12-6)14-4-7(15(19)20)8(13-14)10(17)18/h1-4H,(H2,11,16)(H,17,18). The van der Waals surface area contributed by atoms with Crippen molar-refractivity contribution >= 4 is 17.6 Å². The van der Waals surface area contributed by atoms with E-state index >= 15 is 0 Å². The van der Waals surface area contributed by atoms with Gasteiger partial charge in [0, 0.05) is 6.20 Å². The predicted molar refractivity (Wildman–Crippen MR) is 63.5 cm³/mol. The lowest BCUT2D eigenvalue weighted by Crippen LogP contribution is -2.13. The number of rotatable bonds is 4. The SMILES string of the molecule is NC(=O)c1cc(-n2cc([N+](=O)[O-])c(C(=O)O)n2)ccn1. The van der Waals surface area contributed by atoms with Crippen molar-refractivity contribution in [1.82, 2.24) is 14.8 Å².